The largest absolute Gasteiger partial charge is 0.395 e. The lowest BCUT2D eigenvalue weighted by atomic mass is 9.85. The highest BCUT2D eigenvalue weighted by Gasteiger charge is 2.57. The van der Waals surface area contributed by atoms with Crippen LogP contribution in [0.4, 0.5) is 4.79 Å². The van der Waals surface area contributed by atoms with Gasteiger partial charge in [0.05, 0.1) is 13.2 Å². The monoisotopic (exact) mass is 402 g/mol. The zero-order chi connectivity index (χ0) is 21.0. The second kappa shape index (κ2) is 8.90. The number of hydrogen-bond acceptors (Lipinski definition) is 5. The lowest BCUT2D eigenvalue weighted by molar-refractivity contribution is -0.141. The molecule has 3 rings (SSSR count). The number of aryl methyl sites for hydroxylation is 1. The molecule has 4 amide bonds. The van der Waals surface area contributed by atoms with Crippen LogP contribution < -0.4 is 0 Å². The van der Waals surface area contributed by atoms with E-state index in [0.717, 1.165) is 5.56 Å². The quantitative estimate of drug-likeness (QED) is 0.694. The van der Waals surface area contributed by atoms with Crippen LogP contribution in [0.25, 0.3) is 0 Å². The summed E-state index contributed by atoms with van der Waals surface area (Å²) in [6.07, 6.45) is 5.38. The predicted molar refractivity (Wildman–Crippen MR) is 107 cm³/mol. The van der Waals surface area contributed by atoms with Crippen molar-refractivity contribution in [3.63, 3.8) is 0 Å². The van der Waals surface area contributed by atoms with E-state index in [4.69, 9.17) is 0 Å². The highest BCUT2D eigenvalue weighted by atomic mass is 16.3. The van der Waals surface area contributed by atoms with Gasteiger partial charge in [-0.3, -0.25) is 19.5 Å². The van der Waals surface area contributed by atoms with Crippen molar-refractivity contribution in [3.05, 3.63) is 30.1 Å². The molecule has 2 fully saturated rings. The Morgan fingerprint density at radius 1 is 1.21 bits per heavy atom. The van der Waals surface area contributed by atoms with Crippen LogP contribution in [-0.2, 0) is 16.0 Å². The zero-order valence-electron chi connectivity index (χ0n) is 17.2. The Hall–Kier alpha value is -2.48. The molecule has 8 heteroatoms. The minimum absolute atomic E-state index is 0.0165. The molecular weight excluding hydrogens is 372 g/mol. The fraction of sp³-hybridized carbons (Fsp3) is 0.619. The Labute approximate surface area is 171 Å². The summed E-state index contributed by atoms with van der Waals surface area (Å²) in [6.45, 7) is 5.19. The van der Waals surface area contributed by atoms with Gasteiger partial charge in [0, 0.05) is 38.4 Å². The SMILES string of the molecule is CC(C)CN1C(=O)N(CCO)C(=O)C12CCN(C(=O)CCc1ccncc1)CC2. The molecule has 2 saturated heterocycles. The number of carbonyl (C=O) groups excluding carboxylic acids is 3. The van der Waals surface area contributed by atoms with Crippen molar-refractivity contribution in [2.24, 2.45) is 5.92 Å². The van der Waals surface area contributed by atoms with E-state index in [1.54, 1.807) is 22.2 Å². The van der Waals surface area contributed by atoms with Crippen molar-refractivity contribution < 1.29 is 19.5 Å². The van der Waals surface area contributed by atoms with E-state index < -0.39 is 5.54 Å². The van der Waals surface area contributed by atoms with Gasteiger partial charge in [-0.2, -0.15) is 0 Å². The number of nitrogens with zero attached hydrogens (tertiary/aromatic N) is 4. The molecular formula is C21H30N4O4. The van der Waals surface area contributed by atoms with E-state index in [1.165, 1.54) is 4.90 Å². The van der Waals surface area contributed by atoms with Crippen LogP contribution in [0.1, 0.15) is 38.7 Å². The fourth-order valence-electron chi connectivity index (χ4n) is 4.27. The van der Waals surface area contributed by atoms with Gasteiger partial charge in [0.15, 0.2) is 0 Å². The second-order valence-electron chi connectivity index (χ2n) is 8.24. The molecule has 158 valence electrons. The Kier molecular flexibility index (Phi) is 6.52. The Morgan fingerprint density at radius 3 is 2.45 bits per heavy atom. The maximum atomic E-state index is 13.1. The summed E-state index contributed by atoms with van der Waals surface area (Å²) in [7, 11) is 0. The number of rotatable bonds is 7. The molecule has 0 aromatic carbocycles. The Bertz CT molecular complexity index is 744. The summed E-state index contributed by atoms with van der Waals surface area (Å²) in [4.78, 5) is 47.2. The second-order valence-corrected chi connectivity index (χ2v) is 8.24. The van der Waals surface area contributed by atoms with Gasteiger partial charge in [-0.25, -0.2) is 4.79 Å². The average Bonchev–Trinajstić information content (AvgIpc) is 2.90. The van der Waals surface area contributed by atoms with Gasteiger partial charge < -0.3 is 14.9 Å². The maximum Gasteiger partial charge on any atom is 0.327 e. The van der Waals surface area contributed by atoms with E-state index in [0.29, 0.717) is 45.3 Å². The van der Waals surface area contributed by atoms with Gasteiger partial charge in [0.2, 0.25) is 5.91 Å². The number of β-amino-alcohol motifs (C(OH)–C–C–N with tert-alkyl or cyclic N) is 1. The summed E-state index contributed by atoms with van der Waals surface area (Å²) in [6, 6.07) is 3.48. The lowest BCUT2D eigenvalue weighted by Crippen LogP contribution is -2.58. The molecule has 0 unspecified atom stereocenters. The molecule has 29 heavy (non-hydrogen) atoms. The van der Waals surface area contributed by atoms with Crippen LogP contribution in [0.15, 0.2) is 24.5 Å². The van der Waals surface area contributed by atoms with E-state index in [9.17, 15) is 19.5 Å². The highest BCUT2D eigenvalue weighted by Crippen LogP contribution is 2.38. The first kappa shape index (κ1) is 21.2. The molecule has 3 heterocycles. The van der Waals surface area contributed by atoms with Crippen molar-refractivity contribution in [2.45, 2.75) is 45.1 Å². The van der Waals surface area contributed by atoms with Crippen LogP contribution >= 0.6 is 0 Å². The molecule has 1 spiro atoms. The maximum absolute atomic E-state index is 13.1. The van der Waals surface area contributed by atoms with Crippen LogP contribution in [0, 0.1) is 5.92 Å². The molecule has 0 atom stereocenters. The number of urea groups is 1. The highest BCUT2D eigenvalue weighted by molar-refractivity contribution is 6.07. The molecule has 2 aliphatic heterocycles. The Balaban J connectivity index is 1.66. The predicted octanol–water partition coefficient (Wildman–Crippen LogP) is 1.29. The number of carbonyl (C=O) groups is 3. The minimum atomic E-state index is -0.890. The third kappa shape index (κ3) is 4.27. The van der Waals surface area contributed by atoms with E-state index >= 15 is 0 Å². The topological polar surface area (TPSA) is 94.0 Å². The van der Waals surface area contributed by atoms with Gasteiger partial charge in [-0.15, -0.1) is 0 Å². The number of pyridine rings is 1. The van der Waals surface area contributed by atoms with Gasteiger partial charge in [-0.1, -0.05) is 13.8 Å². The number of piperidine rings is 1. The van der Waals surface area contributed by atoms with Crippen LogP contribution in [-0.4, -0.2) is 81.0 Å². The molecule has 0 saturated carbocycles. The first-order valence-electron chi connectivity index (χ1n) is 10.3. The van der Waals surface area contributed by atoms with Crippen LogP contribution in [0.3, 0.4) is 0 Å². The number of aliphatic hydroxyl groups is 1. The molecule has 1 aromatic rings. The third-order valence-corrected chi connectivity index (χ3v) is 5.81. The summed E-state index contributed by atoms with van der Waals surface area (Å²) in [5.41, 5.74) is 0.180. The van der Waals surface area contributed by atoms with E-state index in [2.05, 4.69) is 4.98 Å². The normalized spacial score (nSPS) is 19.0. The number of amides is 4. The molecule has 2 aliphatic rings. The number of likely N-dealkylation sites (tertiary alicyclic amines) is 1. The fourth-order valence-corrected chi connectivity index (χ4v) is 4.27. The summed E-state index contributed by atoms with van der Waals surface area (Å²) < 4.78 is 0. The number of aromatic nitrogens is 1. The van der Waals surface area contributed by atoms with Gasteiger partial charge in [0.1, 0.15) is 5.54 Å². The number of aliphatic hydroxyl groups excluding tert-OH is 1. The minimum Gasteiger partial charge on any atom is -0.395 e. The average molecular weight is 402 g/mol. The molecule has 0 aliphatic carbocycles. The van der Waals surface area contributed by atoms with Crippen molar-refractivity contribution in [1.29, 1.82) is 0 Å². The summed E-state index contributed by atoms with van der Waals surface area (Å²) >= 11 is 0. The Morgan fingerprint density at radius 2 is 1.86 bits per heavy atom. The first-order valence-corrected chi connectivity index (χ1v) is 10.3. The third-order valence-electron chi connectivity index (χ3n) is 5.81. The van der Waals surface area contributed by atoms with Gasteiger partial charge in [0.25, 0.3) is 5.91 Å². The van der Waals surface area contributed by atoms with Crippen molar-refractivity contribution in [1.82, 2.24) is 19.7 Å². The summed E-state index contributed by atoms with van der Waals surface area (Å²) in [5.74, 6) is 0.0508. The lowest BCUT2D eigenvalue weighted by Gasteiger charge is -2.42. The summed E-state index contributed by atoms with van der Waals surface area (Å²) in [5, 5.41) is 9.26. The van der Waals surface area contributed by atoms with Crippen molar-refractivity contribution >= 4 is 17.8 Å². The standard InChI is InChI=1S/C21H30N4O4/c1-16(2)15-25-20(29)24(13-14-26)19(28)21(25)7-11-23(12-8-21)18(27)4-3-17-5-9-22-10-6-17/h5-6,9-10,16,26H,3-4,7-8,11-15H2,1-2H3. The number of imide groups is 1. The number of hydrogen-bond donors (Lipinski definition) is 1. The molecule has 0 radical (unpaired) electrons. The van der Waals surface area contributed by atoms with Crippen molar-refractivity contribution in [2.75, 3.05) is 32.8 Å². The zero-order valence-corrected chi connectivity index (χ0v) is 17.2. The molecule has 1 aromatic heterocycles. The molecule has 8 nitrogen and oxygen atoms in total. The van der Waals surface area contributed by atoms with Gasteiger partial charge in [-0.05, 0) is 42.9 Å². The first-order chi connectivity index (χ1) is 13.9. The molecule has 1 N–H and O–H groups in total. The van der Waals surface area contributed by atoms with E-state index in [-0.39, 0.29) is 36.9 Å². The smallest absolute Gasteiger partial charge is 0.327 e. The van der Waals surface area contributed by atoms with Gasteiger partial charge >= 0.3 is 6.03 Å². The molecule has 0 bridgehead atoms. The van der Waals surface area contributed by atoms with Crippen LogP contribution in [0.5, 0.6) is 0 Å². The van der Waals surface area contributed by atoms with Crippen LogP contribution in [0.2, 0.25) is 0 Å². The van der Waals surface area contributed by atoms with E-state index in [1.807, 2.05) is 26.0 Å². The van der Waals surface area contributed by atoms with Crippen molar-refractivity contribution in [3.8, 4) is 0 Å².